The van der Waals surface area contributed by atoms with Crippen LogP contribution in [0.1, 0.15) is 0 Å². The smallest absolute Gasteiger partial charge is 0.323 e. The first-order valence-corrected chi connectivity index (χ1v) is 11.0. The summed E-state index contributed by atoms with van der Waals surface area (Å²) in [5, 5.41) is 11.7. The van der Waals surface area contributed by atoms with Crippen LogP contribution in [0.5, 0.6) is 5.75 Å². The van der Waals surface area contributed by atoms with E-state index in [0.717, 1.165) is 44.6 Å². The van der Waals surface area contributed by atoms with E-state index in [9.17, 15) is 4.79 Å². The number of carbonyl (C=O) groups excluding carboxylic acids is 1. The zero-order valence-corrected chi connectivity index (χ0v) is 19.1. The molecule has 5 rings (SSSR count). The molecule has 0 bridgehead atoms. The molecule has 0 radical (unpaired) electrons. The average Bonchev–Trinajstić information content (AvgIpc) is 2.85. The molecule has 4 aromatic carbocycles. The van der Waals surface area contributed by atoms with Crippen LogP contribution in [0.25, 0.3) is 21.8 Å². The number of hydrogen-bond donors (Lipinski definition) is 3. The van der Waals surface area contributed by atoms with Crippen molar-refractivity contribution >= 4 is 62.2 Å². The Morgan fingerprint density at radius 2 is 1.47 bits per heavy atom. The van der Waals surface area contributed by atoms with Crippen molar-refractivity contribution in [3.05, 3.63) is 96.0 Å². The van der Waals surface area contributed by atoms with Crippen molar-refractivity contribution < 1.29 is 9.53 Å². The number of fused-ring (bicyclic) bond motifs is 2. The van der Waals surface area contributed by atoms with Crippen LogP contribution in [-0.4, -0.2) is 18.1 Å². The van der Waals surface area contributed by atoms with Crippen LogP contribution in [-0.2, 0) is 0 Å². The Labute approximate surface area is 201 Å². The van der Waals surface area contributed by atoms with Gasteiger partial charge in [0, 0.05) is 32.9 Å². The number of benzene rings is 4. The predicted molar refractivity (Wildman–Crippen MR) is 140 cm³/mol. The molecular weight excluding hydrogens is 448 g/mol. The maximum absolute atomic E-state index is 12.3. The molecule has 7 heteroatoms. The summed E-state index contributed by atoms with van der Waals surface area (Å²) in [6, 6.07) is 27.9. The normalized spacial score (nSPS) is 10.8. The van der Waals surface area contributed by atoms with Gasteiger partial charge in [0.25, 0.3) is 0 Å². The maximum atomic E-state index is 12.3. The number of amides is 2. The highest BCUT2D eigenvalue weighted by molar-refractivity contribution is 6.31. The number of rotatable bonds is 5. The van der Waals surface area contributed by atoms with Gasteiger partial charge in [-0.3, -0.25) is 0 Å². The molecule has 2 amide bonds. The summed E-state index contributed by atoms with van der Waals surface area (Å²) in [5.41, 5.74) is 4.79. The lowest BCUT2D eigenvalue weighted by Crippen LogP contribution is -2.19. The van der Waals surface area contributed by atoms with Crippen LogP contribution in [0.2, 0.25) is 5.02 Å². The van der Waals surface area contributed by atoms with Crippen LogP contribution < -0.4 is 20.7 Å². The number of halogens is 1. The van der Waals surface area contributed by atoms with E-state index >= 15 is 0 Å². The molecule has 1 aromatic heterocycles. The molecule has 0 saturated carbocycles. The molecule has 0 aliphatic rings. The molecule has 0 saturated heterocycles. The van der Waals surface area contributed by atoms with Crippen molar-refractivity contribution in [2.24, 2.45) is 0 Å². The summed E-state index contributed by atoms with van der Waals surface area (Å²) in [4.78, 5) is 17.0. The van der Waals surface area contributed by atoms with Crippen LogP contribution in [0, 0.1) is 0 Å². The lowest BCUT2D eigenvalue weighted by Gasteiger charge is -2.15. The van der Waals surface area contributed by atoms with E-state index in [4.69, 9.17) is 21.3 Å². The number of nitrogens with zero attached hydrogens (tertiary/aromatic N) is 1. The van der Waals surface area contributed by atoms with Gasteiger partial charge in [0.2, 0.25) is 0 Å². The van der Waals surface area contributed by atoms with E-state index in [1.807, 2.05) is 91.0 Å². The Balaban J connectivity index is 1.43. The van der Waals surface area contributed by atoms with Crippen molar-refractivity contribution in [3.63, 3.8) is 0 Å². The van der Waals surface area contributed by atoms with E-state index in [2.05, 4.69) is 16.0 Å². The SMILES string of the molecule is COc1ccc2nc3cc(Cl)ccc3c(Nc3ccc(NC(=O)Nc4ccccc4)cc3)c2c1. The lowest BCUT2D eigenvalue weighted by atomic mass is 10.1. The molecule has 0 aliphatic heterocycles. The van der Waals surface area contributed by atoms with Gasteiger partial charge in [-0.2, -0.15) is 0 Å². The highest BCUT2D eigenvalue weighted by atomic mass is 35.5. The van der Waals surface area contributed by atoms with E-state index in [0.29, 0.717) is 10.7 Å². The third kappa shape index (κ3) is 4.58. The van der Waals surface area contributed by atoms with Crippen molar-refractivity contribution in [1.82, 2.24) is 4.98 Å². The summed E-state index contributed by atoms with van der Waals surface area (Å²) in [5.74, 6) is 0.745. The number of aromatic nitrogens is 1. The number of anilines is 4. The van der Waals surface area contributed by atoms with Gasteiger partial charge in [-0.05, 0) is 72.8 Å². The van der Waals surface area contributed by atoms with E-state index in [-0.39, 0.29) is 6.03 Å². The molecule has 1 heterocycles. The third-order valence-corrected chi connectivity index (χ3v) is 5.62. The van der Waals surface area contributed by atoms with Crippen LogP contribution in [0.4, 0.5) is 27.5 Å². The fourth-order valence-electron chi connectivity index (χ4n) is 3.75. The van der Waals surface area contributed by atoms with Crippen molar-refractivity contribution in [1.29, 1.82) is 0 Å². The fourth-order valence-corrected chi connectivity index (χ4v) is 3.92. The summed E-state index contributed by atoms with van der Waals surface area (Å²) in [7, 11) is 1.64. The first-order chi connectivity index (χ1) is 16.6. The molecule has 0 atom stereocenters. The van der Waals surface area contributed by atoms with Crippen molar-refractivity contribution in [2.75, 3.05) is 23.1 Å². The zero-order chi connectivity index (χ0) is 23.5. The minimum absolute atomic E-state index is 0.304. The molecule has 168 valence electrons. The number of carbonyl (C=O) groups is 1. The largest absolute Gasteiger partial charge is 0.497 e. The fraction of sp³-hybridized carbons (Fsp3) is 0.0370. The van der Waals surface area contributed by atoms with Gasteiger partial charge in [0.1, 0.15) is 5.75 Å². The van der Waals surface area contributed by atoms with E-state index in [1.54, 1.807) is 7.11 Å². The molecule has 0 unspecified atom stereocenters. The van der Waals surface area contributed by atoms with Crippen LogP contribution in [0.3, 0.4) is 0 Å². The van der Waals surface area contributed by atoms with Gasteiger partial charge in [-0.1, -0.05) is 29.8 Å². The van der Waals surface area contributed by atoms with Crippen LogP contribution in [0.15, 0.2) is 91.0 Å². The first kappa shape index (κ1) is 21.6. The minimum atomic E-state index is -0.304. The lowest BCUT2D eigenvalue weighted by molar-refractivity contribution is 0.262. The number of pyridine rings is 1. The Kier molecular flexibility index (Phi) is 5.89. The molecule has 0 fully saturated rings. The maximum Gasteiger partial charge on any atom is 0.323 e. The number of para-hydroxylation sites is 1. The molecule has 34 heavy (non-hydrogen) atoms. The summed E-state index contributed by atoms with van der Waals surface area (Å²) >= 11 is 6.22. The molecule has 3 N–H and O–H groups in total. The minimum Gasteiger partial charge on any atom is -0.497 e. The molecule has 0 aliphatic carbocycles. The number of nitrogens with one attached hydrogen (secondary N) is 3. The van der Waals surface area contributed by atoms with Gasteiger partial charge < -0.3 is 20.7 Å². The molecule has 6 nitrogen and oxygen atoms in total. The standard InChI is InChI=1S/C27H21ClN4O2/c1-34-21-12-14-24-23(16-21)26(22-13-7-17(28)15-25(22)32-24)29-19-8-10-20(11-9-19)31-27(33)30-18-5-3-2-4-6-18/h2-16H,1H3,(H,29,32)(H2,30,31,33). The van der Waals surface area contributed by atoms with Gasteiger partial charge in [-0.15, -0.1) is 0 Å². The van der Waals surface area contributed by atoms with Gasteiger partial charge in [-0.25, -0.2) is 9.78 Å². The van der Waals surface area contributed by atoms with Crippen molar-refractivity contribution in [2.45, 2.75) is 0 Å². The number of hydrogen-bond acceptors (Lipinski definition) is 4. The number of ether oxygens (including phenoxy) is 1. The number of urea groups is 1. The van der Waals surface area contributed by atoms with Gasteiger partial charge in [0.15, 0.2) is 0 Å². The second-order valence-corrected chi connectivity index (χ2v) is 8.12. The van der Waals surface area contributed by atoms with E-state index in [1.165, 1.54) is 0 Å². The quantitative estimate of drug-likeness (QED) is 0.234. The third-order valence-electron chi connectivity index (χ3n) is 5.39. The zero-order valence-electron chi connectivity index (χ0n) is 18.3. The second kappa shape index (κ2) is 9.29. The highest BCUT2D eigenvalue weighted by Crippen LogP contribution is 2.36. The Hall–Kier alpha value is -4.29. The molecular formula is C27H21ClN4O2. The Morgan fingerprint density at radius 1 is 0.765 bits per heavy atom. The number of methoxy groups -OCH3 is 1. The molecule has 5 aromatic rings. The van der Waals surface area contributed by atoms with Crippen molar-refractivity contribution in [3.8, 4) is 5.75 Å². The van der Waals surface area contributed by atoms with E-state index < -0.39 is 0 Å². The van der Waals surface area contributed by atoms with Gasteiger partial charge >= 0.3 is 6.03 Å². The predicted octanol–water partition coefficient (Wildman–Crippen LogP) is 7.44. The monoisotopic (exact) mass is 468 g/mol. The molecule has 0 spiro atoms. The summed E-state index contributed by atoms with van der Waals surface area (Å²) in [6.45, 7) is 0. The summed E-state index contributed by atoms with van der Waals surface area (Å²) in [6.07, 6.45) is 0. The van der Waals surface area contributed by atoms with Crippen LogP contribution >= 0.6 is 11.6 Å². The van der Waals surface area contributed by atoms with Gasteiger partial charge in [0.05, 0.1) is 23.8 Å². The highest BCUT2D eigenvalue weighted by Gasteiger charge is 2.12. The summed E-state index contributed by atoms with van der Waals surface area (Å²) < 4.78 is 5.43. The second-order valence-electron chi connectivity index (χ2n) is 7.68. The average molecular weight is 469 g/mol. The first-order valence-electron chi connectivity index (χ1n) is 10.7. The Bertz CT molecular complexity index is 1490. The topological polar surface area (TPSA) is 75.3 Å². The Morgan fingerprint density at radius 3 is 2.21 bits per heavy atom.